The van der Waals surface area contributed by atoms with Crippen LogP contribution >= 0.6 is 34.4 Å². The molecule has 0 bridgehead atoms. The fraction of sp³-hybridized carbons (Fsp3) is 0.222. The van der Waals surface area contributed by atoms with Crippen molar-refractivity contribution in [3.05, 3.63) is 42.7 Å². The van der Waals surface area contributed by atoms with Crippen molar-refractivity contribution < 1.29 is 4.74 Å². The highest BCUT2D eigenvalue weighted by Crippen LogP contribution is 2.39. The van der Waals surface area contributed by atoms with Crippen molar-refractivity contribution in [3.8, 4) is 10.4 Å². The minimum atomic E-state index is 0.742. The number of thiophene rings is 1. The van der Waals surface area contributed by atoms with Crippen LogP contribution in [0.5, 0.6) is 0 Å². The second-order valence-corrected chi connectivity index (χ2v) is 9.15. The molecule has 1 aliphatic heterocycles. The van der Waals surface area contributed by atoms with Crippen molar-refractivity contribution in [1.82, 2.24) is 20.2 Å². The third-order valence-corrected chi connectivity index (χ3v) is 7.36. The van der Waals surface area contributed by atoms with E-state index in [-0.39, 0.29) is 0 Å². The van der Waals surface area contributed by atoms with Crippen molar-refractivity contribution in [1.29, 1.82) is 0 Å². The van der Waals surface area contributed by atoms with Crippen LogP contribution in [0.25, 0.3) is 20.7 Å². The molecule has 6 nitrogen and oxygen atoms in total. The molecule has 0 atom stereocenters. The van der Waals surface area contributed by atoms with Gasteiger partial charge in [0, 0.05) is 23.4 Å². The van der Waals surface area contributed by atoms with Gasteiger partial charge in [-0.3, -0.25) is 0 Å². The van der Waals surface area contributed by atoms with Gasteiger partial charge in [-0.05, 0) is 23.4 Å². The van der Waals surface area contributed by atoms with Crippen molar-refractivity contribution in [3.63, 3.8) is 0 Å². The summed E-state index contributed by atoms with van der Waals surface area (Å²) in [5.41, 5.74) is 1.20. The standard InChI is InChI=1S/C18H15N5OS3/c1-2-4-12(5-3-1)14-10-13-15(25-14)19-11-20-16(13)26-18-22-21-17(27-18)23-6-8-24-9-7-23/h1-5,10-11H,6-9H2. The van der Waals surface area contributed by atoms with E-state index < -0.39 is 0 Å². The smallest absolute Gasteiger partial charge is 0.209 e. The Labute approximate surface area is 168 Å². The summed E-state index contributed by atoms with van der Waals surface area (Å²) in [5.74, 6) is 0. The minimum Gasteiger partial charge on any atom is -0.378 e. The number of nitrogens with zero attached hydrogens (tertiary/aromatic N) is 5. The number of benzene rings is 1. The highest BCUT2D eigenvalue weighted by atomic mass is 32.2. The molecule has 0 aliphatic carbocycles. The van der Waals surface area contributed by atoms with Gasteiger partial charge in [0.2, 0.25) is 5.13 Å². The highest BCUT2D eigenvalue weighted by Gasteiger charge is 2.18. The van der Waals surface area contributed by atoms with Crippen LogP contribution in [0.3, 0.4) is 0 Å². The Hall–Kier alpha value is -2.07. The van der Waals surface area contributed by atoms with Crippen molar-refractivity contribution in [2.45, 2.75) is 9.37 Å². The fourth-order valence-electron chi connectivity index (χ4n) is 2.87. The van der Waals surface area contributed by atoms with Crippen LogP contribution in [-0.4, -0.2) is 46.5 Å². The average molecular weight is 414 g/mol. The maximum Gasteiger partial charge on any atom is 0.209 e. The first-order chi connectivity index (χ1) is 13.4. The molecule has 0 N–H and O–H groups in total. The number of ether oxygens (including phenoxy) is 1. The maximum atomic E-state index is 5.40. The van der Waals surface area contributed by atoms with Gasteiger partial charge in [0.25, 0.3) is 0 Å². The first-order valence-corrected chi connectivity index (χ1v) is 11.0. The fourth-order valence-corrected chi connectivity index (χ4v) is 5.81. The molecule has 4 heterocycles. The monoisotopic (exact) mass is 413 g/mol. The molecule has 3 aromatic heterocycles. The normalized spacial score (nSPS) is 14.7. The third kappa shape index (κ3) is 3.55. The summed E-state index contributed by atoms with van der Waals surface area (Å²) in [7, 11) is 0. The van der Waals surface area contributed by atoms with Crippen LogP contribution in [-0.2, 0) is 4.74 Å². The summed E-state index contributed by atoms with van der Waals surface area (Å²) in [6.45, 7) is 3.21. The number of morpholine rings is 1. The molecule has 0 radical (unpaired) electrons. The van der Waals surface area contributed by atoms with Crippen LogP contribution in [0.4, 0.5) is 5.13 Å². The van der Waals surface area contributed by atoms with Gasteiger partial charge in [-0.1, -0.05) is 41.7 Å². The predicted molar refractivity (Wildman–Crippen MR) is 110 cm³/mol. The Bertz CT molecular complexity index is 1060. The lowest BCUT2D eigenvalue weighted by Crippen LogP contribution is -2.36. The lowest BCUT2D eigenvalue weighted by molar-refractivity contribution is 0.122. The van der Waals surface area contributed by atoms with Crippen molar-refractivity contribution in [2.24, 2.45) is 0 Å². The quantitative estimate of drug-likeness (QED) is 0.465. The van der Waals surface area contributed by atoms with Gasteiger partial charge in [-0.15, -0.1) is 21.5 Å². The Kier molecular flexibility index (Phi) is 4.74. The van der Waals surface area contributed by atoms with Crippen LogP contribution in [0.2, 0.25) is 0 Å². The second kappa shape index (κ2) is 7.51. The summed E-state index contributed by atoms with van der Waals surface area (Å²) in [4.78, 5) is 13.3. The Morgan fingerprint density at radius 1 is 1.00 bits per heavy atom. The summed E-state index contributed by atoms with van der Waals surface area (Å²) < 4.78 is 6.30. The molecule has 0 amide bonds. The molecule has 1 fully saturated rings. The minimum absolute atomic E-state index is 0.742. The van der Waals surface area contributed by atoms with E-state index in [1.165, 1.54) is 10.4 Å². The van der Waals surface area contributed by atoms with Crippen LogP contribution in [0, 0.1) is 0 Å². The van der Waals surface area contributed by atoms with Crippen molar-refractivity contribution >= 4 is 49.8 Å². The molecule has 1 aliphatic rings. The number of hydrogen-bond donors (Lipinski definition) is 0. The highest BCUT2D eigenvalue weighted by molar-refractivity contribution is 8.01. The van der Waals surface area contributed by atoms with Crippen LogP contribution in [0.15, 0.2) is 52.1 Å². The van der Waals surface area contributed by atoms with Gasteiger partial charge < -0.3 is 9.64 Å². The largest absolute Gasteiger partial charge is 0.378 e. The zero-order valence-electron chi connectivity index (χ0n) is 14.2. The average Bonchev–Trinajstić information content (AvgIpc) is 3.37. The van der Waals surface area contributed by atoms with E-state index in [0.717, 1.165) is 51.0 Å². The van der Waals surface area contributed by atoms with E-state index >= 15 is 0 Å². The molecule has 136 valence electrons. The molecule has 4 aromatic rings. The van der Waals surface area contributed by atoms with Gasteiger partial charge in [-0.25, -0.2) is 9.97 Å². The van der Waals surface area contributed by atoms with Crippen molar-refractivity contribution in [2.75, 3.05) is 31.2 Å². The molecular formula is C18H15N5OS3. The van der Waals surface area contributed by atoms with Gasteiger partial charge in [-0.2, -0.15) is 0 Å². The zero-order valence-corrected chi connectivity index (χ0v) is 16.7. The number of fused-ring (bicyclic) bond motifs is 1. The van der Waals surface area contributed by atoms with Crippen LogP contribution in [0.1, 0.15) is 0 Å². The lowest BCUT2D eigenvalue weighted by Gasteiger charge is -2.25. The van der Waals surface area contributed by atoms with E-state index in [2.05, 4.69) is 55.4 Å². The van der Waals surface area contributed by atoms with Gasteiger partial charge >= 0.3 is 0 Å². The SMILES string of the molecule is c1ccc(-c2cc3c(Sc4nnc(N5CCOCC5)s4)ncnc3s2)cc1. The van der Waals surface area contributed by atoms with E-state index in [0.29, 0.717) is 0 Å². The first kappa shape index (κ1) is 17.1. The Morgan fingerprint density at radius 3 is 2.70 bits per heavy atom. The van der Waals surface area contributed by atoms with Gasteiger partial charge in [0.1, 0.15) is 16.2 Å². The van der Waals surface area contributed by atoms with E-state index in [9.17, 15) is 0 Å². The number of anilines is 1. The topological polar surface area (TPSA) is 64.0 Å². The lowest BCUT2D eigenvalue weighted by atomic mass is 10.2. The van der Waals surface area contributed by atoms with E-state index in [4.69, 9.17) is 4.74 Å². The third-order valence-electron chi connectivity index (χ3n) is 4.21. The molecule has 0 unspecified atom stereocenters. The Balaban J connectivity index is 1.43. The zero-order chi connectivity index (χ0) is 18.1. The second-order valence-electron chi connectivity index (χ2n) is 5.93. The Morgan fingerprint density at radius 2 is 1.85 bits per heavy atom. The summed E-state index contributed by atoms with van der Waals surface area (Å²) in [5, 5.41) is 11.6. The predicted octanol–water partition coefficient (Wildman–Crippen LogP) is 4.20. The number of aromatic nitrogens is 4. The summed E-state index contributed by atoms with van der Waals surface area (Å²) in [6, 6.07) is 12.5. The number of rotatable bonds is 4. The molecule has 9 heteroatoms. The van der Waals surface area contributed by atoms with Gasteiger partial charge in [0.15, 0.2) is 4.34 Å². The van der Waals surface area contributed by atoms with E-state index in [1.807, 2.05) is 6.07 Å². The molecule has 1 saturated heterocycles. The molecule has 0 saturated carbocycles. The molecule has 27 heavy (non-hydrogen) atoms. The summed E-state index contributed by atoms with van der Waals surface area (Å²) in [6.07, 6.45) is 1.62. The number of hydrogen-bond acceptors (Lipinski definition) is 9. The molecule has 1 aromatic carbocycles. The summed E-state index contributed by atoms with van der Waals surface area (Å²) >= 11 is 4.84. The molecule has 0 spiro atoms. The molecule has 5 rings (SSSR count). The van der Waals surface area contributed by atoms with Crippen LogP contribution < -0.4 is 4.90 Å². The first-order valence-electron chi connectivity index (χ1n) is 8.51. The van der Waals surface area contributed by atoms with Gasteiger partial charge in [0.05, 0.1) is 13.2 Å². The van der Waals surface area contributed by atoms with E-state index in [1.54, 1.807) is 40.8 Å². The molecular weight excluding hydrogens is 398 g/mol. The maximum absolute atomic E-state index is 5.40.